The third-order valence-electron chi connectivity index (χ3n) is 7.17. The Morgan fingerprint density at radius 2 is 0.969 bits per heavy atom. The molecule has 0 saturated heterocycles. The van der Waals surface area contributed by atoms with Gasteiger partial charge in [0.1, 0.15) is 0 Å². The van der Waals surface area contributed by atoms with Gasteiger partial charge >= 0.3 is 37.7 Å². The van der Waals surface area contributed by atoms with Crippen LogP contribution in [0.1, 0.15) is 91.4 Å². The van der Waals surface area contributed by atoms with Crippen LogP contribution in [0.2, 0.25) is 0 Å². The van der Waals surface area contributed by atoms with E-state index in [1.807, 2.05) is 18.4 Å². The smallest absolute Gasteiger partial charge is 0.870 e. The van der Waals surface area contributed by atoms with E-state index in [9.17, 15) is 14.7 Å². The first-order valence-electron chi connectivity index (χ1n) is 10.9. The molecule has 2 fully saturated rings. The zero-order chi connectivity index (χ0) is 20.2. The van der Waals surface area contributed by atoms with Gasteiger partial charge in [-0.15, -0.1) is 12.1 Å². The van der Waals surface area contributed by atoms with Crippen LogP contribution in [0.15, 0.2) is 48.5 Å². The van der Waals surface area contributed by atoms with Crippen LogP contribution in [0.4, 0.5) is 0 Å². The van der Waals surface area contributed by atoms with E-state index in [0.717, 1.165) is 25.7 Å². The number of hydrogen-bond acceptors (Lipinski definition) is 4. The molecule has 0 spiro atoms. The summed E-state index contributed by atoms with van der Waals surface area (Å²) in [7, 11) is 0. The van der Waals surface area contributed by atoms with E-state index in [1.54, 1.807) is 0 Å². The number of carboxylic acid groups (broad SMARTS) is 1. The second-order valence-electron chi connectivity index (χ2n) is 8.81. The molecule has 2 aromatic rings. The van der Waals surface area contributed by atoms with Crippen LogP contribution in [0.25, 0.3) is 0 Å². The van der Waals surface area contributed by atoms with Gasteiger partial charge in [-0.25, -0.2) is 0 Å². The van der Waals surface area contributed by atoms with Crippen molar-refractivity contribution in [2.75, 3.05) is 0 Å². The van der Waals surface area contributed by atoms with Crippen molar-refractivity contribution in [2.45, 2.75) is 69.1 Å². The third kappa shape index (κ3) is 6.87. The minimum atomic E-state index is -0.882. The van der Waals surface area contributed by atoms with Crippen molar-refractivity contribution >= 4 is 12.3 Å². The Hall–Kier alpha value is -1.27. The largest absolute Gasteiger partial charge is 1.00 e. The molecule has 32 heavy (non-hydrogen) atoms. The first kappa shape index (κ1) is 28.8. The fraction of sp³-hybridized carbons (Fsp3) is 0.462. The average Bonchev–Trinajstić information content (AvgIpc) is 2.79. The van der Waals surface area contributed by atoms with E-state index in [1.165, 1.54) is 42.4 Å². The van der Waals surface area contributed by atoms with Gasteiger partial charge in [0.2, 0.25) is 0 Å². The summed E-state index contributed by atoms with van der Waals surface area (Å²) in [4.78, 5) is 21.7. The van der Waals surface area contributed by atoms with Gasteiger partial charge in [-0.3, -0.25) is 0 Å². The van der Waals surface area contributed by atoms with Crippen molar-refractivity contribution in [2.24, 2.45) is 5.92 Å². The molecule has 0 aromatic heterocycles. The Balaban J connectivity index is 0.00000171. The molecule has 160 valence electrons. The number of carboxylic acids is 1. The number of benzene rings is 2. The van der Waals surface area contributed by atoms with Crippen LogP contribution in [0.5, 0.6) is 0 Å². The van der Waals surface area contributed by atoms with Crippen LogP contribution < -0.4 is 42.8 Å². The van der Waals surface area contributed by atoms with E-state index in [-0.39, 0.29) is 49.1 Å². The summed E-state index contributed by atoms with van der Waals surface area (Å²) in [6.45, 7) is 0. The summed E-state index contributed by atoms with van der Waals surface area (Å²) in [6, 6.07) is 17.0. The standard InChI is InChI=1S/C26H29O3.2Li.H2O/c27-17-18-1-3-19(4-2-18)20-5-7-21(8-6-20)22-9-11-23(12-10-22)24-13-15-25(16-14-24)26(28)29;;;/h1-4,9-12,20-21,24-25H,5-8,13-16H2,(H,28,29);;;1H2/q-1;2*+1;/p-2. The van der Waals surface area contributed by atoms with E-state index in [2.05, 4.69) is 36.4 Å². The zero-order valence-electron chi connectivity index (χ0n) is 19.3. The average molecular weight is 419 g/mol. The molecule has 0 atom stereocenters. The minimum Gasteiger partial charge on any atom is -0.870 e. The monoisotopic (exact) mass is 419 g/mol. The van der Waals surface area contributed by atoms with E-state index >= 15 is 0 Å². The summed E-state index contributed by atoms with van der Waals surface area (Å²) in [5.41, 5.74) is 4.74. The van der Waals surface area contributed by atoms with E-state index in [0.29, 0.717) is 23.3 Å². The number of hydrogen-bond donors (Lipinski definition) is 0. The molecule has 0 radical (unpaired) electrons. The molecule has 1 N–H and O–H groups in total. The normalized spacial score (nSPS) is 24.8. The molecule has 2 aromatic carbocycles. The Kier molecular flexibility index (Phi) is 12.1. The Morgan fingerprint density at radius 3 is 1.28 bits per heavy atom. The molecule has 4 rings (SSSR count). The van der Waals surface area contributed by atoms with E-state index < -0.39 is 5.97 Å². The topological polar surface area (TPSA) is 87.2 Å². The van der Waals surface area contributed by atoms with Gasteiger partial charge in [-0.1, -0.05) is 29.8 Å². The summed E-state index contributed by atoms with van der Waals surface area (Å²) in [6.07, 6.45) is 10.1. The van der Waals surface area contributed by atoms with Gasteiger partial charge in [-0.2, -0.15) is 17.7 Å². The molecule has 4 nitrogen and oxygen atoms in total. The molecule has 2 saturated carbocycles. The first-order chi connectivity index (χ1) is 14.1. The Bertz CT molecular complexity index is 835. The number of carbonyl (C=O) groups is 1. The SMILES string of the molecule is O=[C-]c1ccc(C2CCC(c3ccc(C4CCC(C(=O)[O-])CC4)cc3)CC2)cc1.[Li+].[Li+].[OH-]. The second-order valence-corrected chi connectivity index (χ2v) is 8.81. The van der Waals surface area contributed by atoms with Gasteiger partial charge in [0.05, 0.1) is 6.29 Å². The summed E-state index contributed by atoms with van der Waals surface area (Å²) < 4.78 is 0. The van der Waals surface area contributed by atoms with Crippen molar-refractivity contribution in [1.82, 2.24) is 0 Å². The molecule has 0 unspecified atom stereocenters. The molecule has 0 amide bonds. The molecular weight excluding hydrogens is 390 g/mol. The fourth-order valence-electron chi connectivity index (χ4n) is 5.29. The van der Waals surface area contributed by atoms with Crippen molar-refractivity contribution in [3.05, 3.63) is 70.8 Å². The first-order valence-corrected chi connectivity index (χ1v) is 10.9. The minimum absolute atomic E-state index is 0. The number of aliphatic carboxylic acids is 1. The maximum absolute atomic E-state index is 11.0. The van der Waals surface area contributed by atoms with Crippen LogP contribution in [0.3, 0.4) is 0 Å². The molecule has 0 aliphatic heterocycles. The quantitative estimate of drug-likeness (QED) is 0.433. The molecule has 2 aliphatic carbocycles. The number of rotatable bonds is 5. The third-order valence-corrected chi connectivity index (χ3v) is 7.17. The van der Waals surface area contributed by atoms with Crippen LogP contribution in [-0.4, -0.2) is 17.7 Å². The molecule has 2 aliphatic rings. The maximum Gasteiger partial charge on any atom is 1.00 e. The van der Waals surface area contributed by atoms with E-state index in [4.69, 9.17) is 0 Å². The van der Waals surface area contributed by atoms with Crippen molar-refractivity contribution in [3.8, 4) is 0 Å². The van der Waals surface area contributed by atoms with Crippen LogP contribution in [0, 0.1) is 5.92 Å². The fourth-order valence-corrected chi connectivity index (χ4v) is 5.29. The maximum atomic E-state index is 11.0. The molecule has 0 heterocycles. The van der Waals surface area contributed by atoms with Gasteiger partial charge in [0.15, 0.2) is 0 Å². The summed E-state index contributed by atoms with van der Waals surface area (Å²) in [5, 5.41) is 11.0. The predicted octanol–water partition coefficient (Wildman–Crippen LogP) is -1.56. The summed E-state index contributed by atoms with van der Waals surface area (Å²) in [5.74, 6) is 0.560. The molecule has 6 heteroatoms. The van der Waals surface area contributed by atoms with Gasteiger partial charge in [0, 0.05) is 5.97 Å². The molecular formula is C26H29Li2O4-. The predicted molar refractivity (Wildman–Crippen MR) is 113 cm³/mol. The van der Waals surface area contributed by atoms with Crippen LogP contribution in [-0.2, 0) is 9.59 Å². The Morgan fingerprint density at radius 1 is 0.656 bits per heavy atom. The van der Waals surface area contributed by atoms with Crippen molar-refractivity contribution < 1.29 is 57.9 Å². The van der Waals surface area contributed by atoms with Gasteiger partial charge < -0.3 is 20.2 Å². The van der Waals surface area contributed by atoms with Crippen molar-refractivity contribution in [1.29, 1.82) is 0 Å². The second kappa shape index (κ2) is 13.4. The Labute approximate surface area is 215 Å². The van der Waals surface area contributed by atoms with Crippen LogP contribution >= 0.6 is 0 Å². The molecule has 0 bridgehead atoms. The van der Waals surface area contributed by atoms with Gasteiger partial charge in [0.25, 0.3) is 0 Å². The zero-order valence-corrected chi connectivity index (χ0v) is 19.3. The number of carbonyl (C=O) groups excluding carboxylic acids is 2. The summed E-state index contributed by atoms with van der Waals surface area (Å²) >= 11 is 0. The van der Waals surface area contributed by atoms with Gasteiger partial charge in [-0.05, 0) is 86.2 Å². The van der Waals surface area contributed by atoms with Crippen molar-refractivity contribution in [3.63, 3.8) is 0 Å².